The van der Waals surface area contributed by atoms with Crippen LogP contribution >= 0.6 is 0 Å². The molecule has 5 nitrogen and oxygen atoms in total. The monoisotopic (exact) mass is 235 g/mol. The number of aromatic nitrogens is 2. The van der Waals surface area contributed by atoms with Gasteiger partial charge in [0.15, 0.2) is 0 Å². The third kappa shape index (κ3) is 2.47. The number of carbonyl (C=O) groups is 1. The molecule has 1 aromatic carbocycles. The molecule has 88 valence electrons. The highest BCUT2D eigenvalue weighted by Crippen LogP contribution is 2.19. The molecular weight excluding hydrogens is 225 g/mol. The smallest absolute Gasteiger partial charge is 0.303 e. The van der Waals surface area contributed by atoms with Crippen LogP contribution < -0.4 is 5.73 Å². The fourth-order valence-electron chi connectivity index (χ4n) is 1.50. The average molecular weight is 235 g/mol. The summed E-state index contributed by atoms with van der Waals surface area (Å²) in [5.41, 5.74) is 6.18. The summed E-state index contributed by atoms with van der Waals surface area (Å²) in [5.74, 6) is -0.823. The molecular formula is C11H10FN3O2. The van der Waals surface area contributed by atoms with Crippen molar-refractivity contribution in [1.82, 2.24) is 9.97 Å². The summed E-state index contributed by atoms with van der Waals surface area (Å²) >= 11 is 0. The van der Waals surface area contributed by atoms with Crippen LogP contribution in [0.3, 0.4) is 0 Å². The summed E-state index contributed by atoms with van der Waals surface area (Å²) in [5, 5.41) is 8.99. The van der Waals surface area contributed by atoms with E-state index in [1.54, 1.807) is 0 Å². The molecule has 17 heavy (non-hydrogen) atoms. The largest absolute Gasteiger partial charge is 0.481 e. The first-order valence-corrected chi connectivity index (χ1v) is 4.99. The zero-order valence-corrected chi connectivity index (χ0v) is 8.85. The lowest BCUT2D eigenvalue weighted by Gasteiger charge is -2.04. The number of benzene rings is 1. The lowest BCUT2D eigenvalue weighted by atomic mass is 10.2. The van der Waals surface area contributed by atoms with E-state index in [9.17, 15) is 9.18 Å². The number of nitrogen functional groups attached to an aromatic ring is 1. The van der Waals surface area contributed by atoms with E-state index in [2.05, 4.69) is 9.97 Å². The zero-order chi connectivity index (χ0) is 12.4. The Kier molecular flexibility index (Phi) is 2.86. The van der Waals surface area contributed by atoms with Gasteiger partial charge in [-0.2, -0.15) is 0 Å². The maximum absolute atomic E-state index is 13.0. The number of aryl methyl sites for hydroxylation is 1. The van der Waals surface area contributed by atoms with Gasteiger partial charge in [-0.1, -0.05) is 0 Å². The molecule has 0 radical (unpaired) electrons. The molecule has 0 spiro atoms. The van der Waals surface area contributed by atoms with Gasteiger partial charge in [-0.3, -0.25) is 4.79 Å². The highest BCUT2D eigenvalue weighted by molar-refractivity contribution is 5.87. The summed E-state index contributed by atoms with van der Waals surface area (Å²) < 4.78 is 13.0. The van der Waals surface area contributed by atoms with E-state index in [1.165, 1.54) is 18.2 Å². The van der Waals surface area contributed by atoms with Crippen LogP contribution in [0.5, 0.6) is 0 Å². The fourth-order valence-corrected chi connectivity index (χ4v) is 1.50. The standard InChI is InChI=1S/C11H10FN3O2/c12-6-1-2-8-7(5-6)11(13)15-9(14-8)3-4-10(16)17/h1-2,5H,3-4H2,(H,16,17)(H2,13,14,15). The molecule has 0 bridgehead atoms. The van der Waals surface area contributed by atoms with Gasteiger partial charge >= 0.3 is 5.97 Å². The van der Waals surface area contributed by atoms with Crippen molar-refractivity contribution in [1.29, 1.82) is 0 Å². The molecule has 2 aromatic rings. The third-order valence-electron chi connectivity index (χ3n) is 2.30. The number of hydrogen-bond acceptors (Lipinski definition) is 4. The molecule has 2 rings (SSSR count). The van der Waals surface area contributed by atoms with Crippen molar-refractivity contribution in [2.24, 2.45) is 0 Å². The van der Waals surface area contributed by atoms with Crippen LogP contribution in [0, 0.1) is 5.82 Å². The third-order valence-corrected chi connectivity index (χ3v) is 2.30. The van der Waals surface area contributed by atoms with Crippen molar-refractivity contribution < 1.29 is 14.3 Å². The Morgan fingerprint density at radius 2 is 2.18 bits per heavy atom. The van der Waals surface area contributed by atoms with E-state index in [-0.39, 0.29) is 18.7 Å². The Morgan fingerprint density at radius 3 is 2.88 bits per heavy atom. The molecule has 0 saturated carbocycles. The fraction of sp³-hybridized carbons (Fsp3) is 0.182. The molecule has 6 heteroatoms. The normalized spacial score (nSPS) is 10.6. The predicted molar refractivity (Wildman–Crippen MR) is 59.9 cm³/mol. The van der Waals surface area contributed by atoms with Gasteiger partial charge in [-0.25, -0.2) is 14.4 Å². The SMILES string of the molecule is Nc1nc(CCC(=O)O)nc2ccc(F)cc12. The Hall–Kier alpha value is -2.24. The summed E-state index contributed by atoms with van der Waals surface area (Å²) in [7, 11) is 0. The van der Waals surface area contributed by atoms with Crippen LogP contribution in [0.15, 0.2) is 18.2 Å². The van der Waals surface area contributed by atoms with E-state index >= 15 is 0 Å². The molecule has 0 atom stereocenters. The van der Waals surface area contributed by atoms with Gasteiger partial charge in [-0.05, 0) is 18.2 Å². The lowest BCUT2D eigenvalue weighted by molar-refractivity contribution is -0.137. The van der Waals surface area contributed by atoms with Gasteiger partial charge in [0.25, 0.3) is 0 Å². The minimum Gasteiger partial charge on any atom is -0.481 e. The van der Waals surface area contributed by atoms with Crippen LogP contribution in [0.4, 0.5) is 10.2 Å². The molecule has 0 saturated heterocycles. The maximum Gasteiger partial charge on any atom is 0.303 e. The summed E-state index contributed by atoms with van der Waals surface area (Å²) in [6.07, 6.45) is 0.138. The van der Waals surface area contributed by atoms with Crippen LogP contribution in [-0.2, 0) is 11.2 Å². The second-order valence-electron chi connectivity index (χ2n) is 3.58. The second kappa shape index (κ2) is 4.32. The minimum atomic E-state index is -0.925. The van der Waals surface area contributed by atoms with Crippen molar-refractivity contribution >= 4 is 22.7 Å². The number of halogens is 1. The van der Waals surface area contributed by atoms with E-state index in [1.807, 2.05) is 0 Å². The van der Waals surface area contributed by atoms with Gasteiger partial charge in [-0.15, -0.1) is 0 Å². The van der Waals surface area contributed by atoms with Crippen LogP contribution in [0.2, 0.25) is 0 Å². The first-order chi connectivity index (χ1) is 8.06. The minimum absolute atomic E-state index is 0.0634. The Morgan fingerprint density at radius 1 is 1.41 bits per heavy atom. The van der Waals surface area contributed by atoms with Crippen molar-refractivity contribution in [2.45, 2.75) is 12.8 Å². The molecule has 0 aliphatic rings. The number of carboxylic acid groups (broad SMARTS) is 1. The topological polar surface area (TPSA) is 89.1 Å². The number of aliphatic carboxylic acids is 1. The van der Waals surface area contributed by atoms with Gasteiger partial charge < -0.3 is 10.8 Å². The molecule has 1 aromatic heterocycles. The molecule has 0 fully saturated rings. The van der Waals surface area contributed by atoms with Crippen molar-refractivity contribution in [3.05, 3.63) is 29.8 Å². The van der Waals surface area contributed by atoms with Crippen LogP contribution in [-0.4, -0.2) is 21.0 Å². The number of fused-ring (bicyclic) bond motifs is 1. The number of nitrogens with zero attached hydrogens (tertiary/aromatic N) is 2. The van der Waals surface area contributed by atoms with Gasteiger partial charge in [0, 0.05) is 11.8 Å². The van der Waals surface area contributed by atoms with Crippen molar-refractivity contribution in [3.8, 4) is 0 Å². The van der Waals surface area contributed by atoms with Gasteiger partial charge in [0.05, 0.1) is 11.9 Å². The first-order valence-electron chi connectivity index (χ1n) is 4.99. The highest BCUT2D eigenvalue weighted by atomic mass is 19.1. The van der Waals surface area contributed by atoms with Crippen LogP contribution in [0.25, 0.3) is 10.9 Å². The molecule has 0 aliphatic heterocycles. The quantitative estimate of drug-likeness (QED) is 0.838. The molecule has 0 amide bonds. The molecule has 0 aliphatic carbocycles. The number of carboxylic acids is 1. The Balaban J connectivity index is 2.41. The van der Waals surface area contributed by atoms with Crippen molar-refractivity contribution in [3.63, 3.8) is 0 Å². The molecule has 1 heterocycles. The summed E-state index contributed by atoms with van der Waals surface area (Å²) in [6, 6.07) is 4.02. The Bertz CT molecular complexity index is 586. The van der Waals surface area contributed by atoms with E-state index < -0.39 is 11.8 Å². The van der Waals surface area contributed by atoms with E-state index in [0.29, 0.717) is 16.7 Å². The van der Waals surface area contributed by atoms with E-state index in [4.69, 9.17) is 10.8 Å². The zero-order valence-electron chi connectivity index (χ0n) is 8.85. The number of nitrogens with two attached hydrogens (primary N) is 1. The molecule has 0 unspecified atom stereocenters. The van der Waals surface area contributed by atoms with E-state index in [0.717, 1.165) is 0 Å². The second-order valence-corrected chi connectivity index (χ2v) is 3.58. The Labute approximate surface area is 96.1 Å². The predicted octanol–water partition coefficient (Wildman–Crippen LogP) is 1.37. The maximum atomic E-state index is 13.0. The van der Waals surface area contributed by atoms with Gasteiger partial charge in [0.1, 0.15) is 17.5 Å². The van der Waals surface area contributed by atoms with Gasteiger partial charge in [0.2, 0.25) is 0 Å². The molecule has 3 N–H and O–H groups in total. The van der Waals surface area contributed by atoms with Crippen molar-refractivity contribution in [2.75, 3.05) is 5.73 Å². The summed E-state index contributed by atoms with van der Waals surface area (Å²) in [6.45, 7) is 0. The number of anilines is 1. The lowest BCUT2D eigenvalue weighted by Crippen LogP contribution is -2.04. The number of rotatable bonds is 3. The average Bonchev–Trinajstić information content (AvgIpc) is 2.27. The van der Waals surface area contributed by atoms with Crippen LogP contribution in [0.1, 0.15) is 12.2 Å². The summed E-state index contributed by atoms with van der Waals surface area (Å²) in [4.78, 5) is 18.5. The number of hydrogen-bond donors (Lipinski definition) is 2. The first kappa shape index (κ1) is 11.3. The highest BCUT2D eigenvalue weighted by Gasteiger charge is 2.07.